The Balaban J connectivity index is 2.43. The first-order valence-electron chi connectivity index (χ1n) is 5.54. The van der Waals surface area contributed by atoms with Crippen molar-refractivity contribution in [3.8, 4) is 0 Å². The van der Waals surface area contributed by atoms with Crippen LogP contribution in [0.4, 0.5) is 0 Å². The maximum absolute atomic E-state index is 11.5. The molecule has 0 spiro atoms. The van der Waals surface area contributed by atoms with E-state index in [1.807, 2.05) is 42.5 Å². The van der Waals surface area contributed by atoms with Crippen molar-refractivity contribution in [2.75, 3.05) is 13.6 Å². The molecule has 0 aliphatic rings. The van der Waals surface area contributed by atoms with Crippen molar-refractivity contribution < 1.29 is 9.59 Å². The summed E-state index contributed by atoms with van der Waals surface area (Å²) >= 11 is 0. The molecule has 0 aliphatic heterocycles. The van der Waals surface area contributed by atoms with E-state index in [1.54, 1.807) is 11.9 Å². The van der Waals surface area contributed by atoms with Gasteiger partial charge < -0.3 is 4.90 Å². The number of amides is 1. The number of nitrogens with zero attached hydrogens (tertiary/aromatic N) is 1. The Bertz CT molecular complexity index is 409. The van der Waals surface area contributed by atoms with Crippen LogP contribution in [0.1, 0.15) is 18.9 Å². The topological polar surface area (TPSA) is 37.4 Å². The van der Waals surface area contributed by atoms with Crippen molar-refractivity contribution in [3.05, 3.63) is 42.0 Å². The number of ketones is 1. The van der Waals surface area contributed by atoms with Crippen molar-refractivity contribution >= 4 is 17.8 Å². The second kappa shape index (κ2) is 6.63. The second-order valence-corrected chi connectivity index (χ2v) is 3.97. The van der Waals surface area contributed by atoms with Crippen molar-refractivity contribution in [2.24, 2.45) is 0 Å². The summed E-state index contributed by atoms with van der Waals surface area (Å²) in [6, 6.07) is 9.87. The zero-order chi connectivity index (χ0) is 12.7. The zero-order valence-electron chi connectivity index (χ0n) is 10.2. The molecular formula is C14H17NO2. The van der Waals surface area contributed by atoms with Crippen molar-refractivity contribution in [2.45, 2.75) is 13.3 Å². The standard InChI is InChI=1S/C14H17NO2/c1-12(16)11-14(17)15(2)10-6-9-13-7-4-3-5-8-13/h3-9H,10-11H2,1-2H3/b9-6+. The minimum Gasteiger partial charge on any atom is -0.342 e. The van der Waals surface area contributed by atoms with E-state index >= 15 is 0 Å². The number of benzene rings is 1. The largest absolute Gasteiger partial charge is 0.342 e. The Morgan fingerprint density at radius 2 is 1.88 bits per heavy atom. The van der Waals surface area contributed by atoms with Gasteiger partial charge in [0.05, 0.1) is 6.42 Å². The molecule has 0 saturated carbocycles. The van der Waals surface area contributed by atoms with E-state index < -0.39 is 0 Å². The van der Waals surface area contributed by atoms with E-state index in [2.05, 4.69) is 0 Å². The minimum absolute atomic E-state index is 0.0182. The fourth-order valence-corrected chi connectivity index (χ4v) is 1.36. The van der Waals surface area contributed by atoms with Gasteiger partial charge in [0.2, 0.25) is 5.91 Å². The SMILES string of the molecule is CC(=O)CC(=O)N(C)C/C=C/c1ccccc1. The molecule has 3 nitrogen and oxygen atoms in total. The number of carbonyl (C=O) groups excluding carboxylic acids is 2. The smallest absolute Gasteiger partial charge is 0.230 e. The molecule has 0 radical (unpaired) electrons. The minimum atomic E-state index is -0.143. The van der Waals surface area contributed by atoms with Crippen LogP contribution in [0, 0.1) is 0 Å². The Morgan fingerprint density at radius 1 is 1.24 bits per heavy atom. The van der Waals surface area contributed by atoms with Gasteiger partial charge in [-0.25, -0.2) is 0 Å². The molecule has 1 aromatic carbocycles. The maximum atomic E-state index is 11.5. The normalized spacial score (nSPS) is 10.5. The van der Waals surface area contributed by atoms with Gasteiger partial charge in [0.15, 0.2) is 0 Å². The van der Waals surface area contributed by atoms with Gasteiger partial charge in [-0.1, -0.05) is 42.5 Å². The highest BCUT2D eigenvalue weighted by Gasteiger charge is 2.08. The van der Waals surface area contributed by atoms with Crippen LogP contribution in [0.25, 0.3) is 6.08 Å². The predicted octanol–water partition coefficient (Wildman–Crippen LogP) is 2.14. The van der Waals surface area contributed by atoms with E-state index in [9.17, 15) is 9.59 Å². The molecule has 1 amide bonds. The molecule has 1 rings (SSSR count). The Kier molecular flexibility index (Phi) is 5.14. The number of hydrogen-bond acceptors (Lipinski definition) is 2. The van der Waals surface area contributed by atoms with E-state index in [0.717, 1.165) is 5.56 Å². The first-order chi connectivity index (χ1) is 8.09. The van der Waals surface area contributed by atoms with Gasteiger partial charge in [-0.05, 0) is 12.5 Å². The average Bonchev–Trinajstić information content (AvgIpc) is 2.29. The number of Topliss-reactive ketones (excluding diaryl/α,β-unsaturated/α-hetero) is 1. The molecule has 0 atom stereocenters. The summed E-state index contributed by atoms with van der Waals surface area (Å²) in [6.45, 7) is 1.94. The highest BCUT2D eigenvalue weighted by atomic mass is 16.2. The molecule has 0 bridgehead atoms. The van der Waals surface area contributed by atoms with Crippen LogP contribution in [0.2, 0.25) is 0 Å². The highest BCUT2D eigenvalue weighted by Crippen LogP contribution is 2.01. The number of carbonyl (C=O) groups is 2. The van der Waals surface area contributed by atoms with Crippen LogP contribution in [0.5, 0.6) is 0 Å². The van der Waals surface area contributed by atoms with E-state index in [4.69, 9.17) is 0 Å². The molecule has 3 heteroatoms. The highest BCUT2D eigenvalue weighted by molar-refractivity contribution is 5.96. The molecule has 1 aromatic rings. The number of hydrogen-bond donors (Lipinski definition) is 0. The van der Waals surface area contributed by atoms with Crippen LogP contribution < -0.4 is 0 Å². The van der Waals surface area contributed by atoms with Gasteiger partial charge in [-0.2, -0.15) is 0 Å². The molecule has 17 heavy (non-hydrogen) atoms. The van der Waals surface area contributed by atoms with Gasteiger partial charge in [-0.3, -0.25) is 9.59 Å². The fourth-order valence-electron chi connectivity index (χ4n) is 1.36. The second-order valence-electron chi connectivity index (χ2n) is 3.97. The Morgan fingerprint density at radius 3 is 2.47 bits per heavy atom. The lowest BCUT2D eigenvalue weighted by atomic mass is 10.2. The van der Waals surface area contributed by atoms with E-state index in [1.165, 1.54) is 6.92 Å². The molecule has 0 fully saturated rings. The Labute approximate surface area is 102 Å². The molecule has 0 aromatic heterocycles. The van der Waals surface area contributed by atoms with Crippen LogP contribution in [-0.4, -0.2) is 30.2 Å². The van der Waals surface area contributed by atoms with Crippen LogP contribution in [0.3, 0.4) is 0 Å². The Hall–Kier alpha value is -1.90. The molecule has 90 valence electrons. The molecule has 0 N–H and O–H groups in total. The molecule has 0 saturated heterocycles. The summed E-state index contributed by atoms with van der Waals surface area (Å²) in [5, 5.41) is 0. The summed E-state index contributed by atoms with van der Waals surface area (Å²) in [4.78, 5) is 23.8. The van der Waals surface area contributed by atoms with Gasteiger partial charge in [0.25, 0.3) is 0 Å². The summed E-state index contributed by atoms with van der Waals surface area (Å²) in [6.07, 6.45) is 3.85. The average molecular weight is 231 g/mol. The summed E-state index contributed by atoms with van der Waals surface area (Å²) in [7, 11) is 1.70. The third-order valence-corrected chi connectivity index (χ3v) is 2.32. The molecule has 0 heterocycles. The van der Waals surface area contributed by atoms with Gasteiger partial charge in [0, 0.05) is 13.6 Å². The lowest BCUT2D eigenvalue weighted by molar-refractivity contribution is -0.133. The van der Waals surface area contributed by atoms with Crippen LogP contribution >= 0.6 is 0 Å². The first-order valence-corrected chi connectivity index (χ1v) is 5.54. The number of likely N-dealkylation sites (N-methyl/N-ethyl adjacent to an activating group) is 1. The number of rotatable bonds is 5. The monoisotopic (exact) mass is 231 g/mol. The maximum Gasteiger partial charge on any atom is 0.230 e. The lowest BCUT2D eigenvalue weighted by Gasteiger charge is -2.13. The first kappa shape index (κ1) is 13.2. The van der Waals surface area contributed by atoms with Gasteiger partial charge in [-0.15, -0.1) is 0 Å². The molecule has 0 aliphatic carbocycles. The third-order valence-electron chi connectivity index (χ3n) is 2.32. The van der Waals surface area contributed by atoms with Crippen molar-refractivity contribution in [1.29, 1.82) is 0 Å². The molecule has 0 unspecified atom stereocenters. The van der Waals surface area contributed by atoms with Crippen molar-refractivity contribution in [3.63, 3.8) is 0 Å². The van der Waals surface area contributed by atoms with Crippen LogP contribution in [-0.2, 0) is 9.59 Å². The summed E-state index contributed by atoms with van der Waals surface area (Å²) in [5.41, 5.74) is 1.10. The van der Waals surface area contributed by atoms with E-state index in [0.29, 0.717) is 6.54 Å². The quantitative estimate of drug-likeness (QED) is 0.728. The van der Waals surface area contributed by atoms with Crippen LogP contribution in [0.15, 0.2) is 36.4 Å². The summed E-state index contributed by atoms with van der Waals surface area (Å²) in [5.74, 6) is -0.246. The zero-order valence-corrected chi connectivity index (χ0v) is 10.2. The predicted molar refractivity (Wildman–Crippen MR) is 68.4 cm³/mol. The van der Waals surface area contributed by atoms with Crippen molar-refractivity contribution in [1.82, 2.24) is 4.90 Å². The van der Waals surface area contributed by atoms with Gasteiger partial charge in [0.1, 0.15) is 5.78 Å². The third kappa shape index (κ3) is 5.11. The van der Waals surface area contributed by atoms with Gasteiger partial charge >= 0.3 is 0 Å². The summed E-state index contributed by atoms with van der Waals surface area (Å²) < 4.78 is 0. The molecular weight excluding hydrogens is 214 g/mol. The lowest BCUT2D eigenvalue weighted by Crippen LogP contribution is -2.28. The fraction of sp³-hybridized carbons (Fsp3) is 0.286. The van der Waals surface area contributed by atoms with E-state index in [-0.39, 0.29) is 18.1 Å².